The van der Waals surface area contributed by atoms with Crippen LogP contribution in [0.25, 0.3) is 11.3 Å². The molecule has 2 aromatic carbocycles. The molecule has 7 nitrogen and oxygen atoms in total. The van der Waals surface area contributed by atoms with Crippen LogP contribution in [0.3, 0.4) is 0 Å². The first kappa shape index (κ1) is 17.3. The van der Waals surface area contributed by atoms with E-state index in [4.69, 9.17) is 9.15 Å². The molecule has 26 heavy (non-hydrogen) atoms. The summed E-state index contributed by atoms with van der Waals surface area (Å²) in [6.45, 7) is 0. The van der Waals surface area contributed by atoms with Crippen molar-refractivity contribution in [2.24, 2.45) is 0 Å². The number of nitro benzene ring substituents is 1. The number of aryl methyl sites for hydroxylation is 1. The molecule has 0 aliphatic carbocycles. The zero-order valence-corrected chi connectivity index (χ0v) is 13.4. The van der Waals surface area contributed by atoms with Gasteiger partial charge in [0.15, 0.2) is 11.7 Å². The number of aromatic nitrogens is 1. The van der Waals surface area contributed by atoms with Crippen molar-refractivity contribution >= 4 is 11.7 Å². The Morgan fingerprint density at radius 1 is 1.19 bits per heavy atom. The first-order valence-electron chi connectivity index (χ1n) is 7.67. The quantitative estimate of drug-likeness (QED) is 0.287. The number of benzene rings is 2. The lowest BCUT2D eigenvalue weighted by Gasteiger charge is -2.03. The molecule has 3 rings (SSSR count). The van der Waals surface area contributed by atoms with Crippen LogP contribution in [0.4, 0.5) is 10.1 Å². The molecule has 0 bridgehead atoms. The second kappa shape index (κ2) is 7.56. The minimum absolute atomic E-state index is 0.00574. The number of hydrogen-bond donors (Lipinski definition) is 0. The number of non-ortho nitro benzene ring substituents is 1. The molecule has 0 saturated carbocycles. The molecular weight excluding hydrogens is 343 g/mol. The highest BCUT2D eigenvalue weighted by molar-refractivity contribution is 5.72. The first-order chi connectivity index (χ1) is 12.5. The van der Waals surface area contributed by atoms with Crippen molar-refractivity contribution in [2.75, 3.05) is 0 Å². The van der Waals surface area contributed by atoms with Crippen molar-refractivity contribution < 1.29 is 23.3 Å². The minimum Gasteiger partial charge on any atom is -0.441 e. The van der Waals surface area contributed by atoms with Gasteiger partial charge in [0.1, 0.15) is 11.6 Å². The third kappa shape index (κ3) is 4.10. The molecule has 0 fully saturated rings. The summed E-state index contributed by atoms with van der Waals surface area (Å²) < 4.78 is 24.3. The molecule has 0 N–H and O–H groups in total. The monoisotopic (exact) mass is 356 g/mol. The number of ether oxygens (including phenoxy) is 1. The van der Waals surface area contributed by atoms with Gasteiger partial charge in [-0.1, -0.05) is 12.1 Å². The van der Waals surface area contributed by atoms with Crippen LogP contribution in [-0.4, -0.2) is 15.9 Å². The van der Waals surface area contributed by atoms with Gasteiger partial charge in [0.05, 0.1) is 23.1 Å². The number of halogens is 1. The number of hydrogen-bond acceptors (Lipinski definition) is 6. The van der Waals surface area contributed by atoms with Crippen LogP contribution in [0.2, 0.25) is 0 Å². The van der Waals surface area contributed by atoms with E-state index in [1.807, 2.05) is 0 Å². The van der Waals surface area contributed by atoms with Crippen molar-refractivity contribution in [1.29, 1.82) is 0 Å². The van der Waals surface area contributed by atoms with Gasteiger partial charge < -0.3 is 9.15 Å². The van der Waals surface area contributed by atoms with Crippen LogP contribution in [0.1, 0.15) is 12.3 Å². The molecule has 1 aromatic heterocycles. The van der Waals surface area contributed by atoms with E-state index in [1.54, 1.807) is 18.2 Å². The lowest BCUT2D eigenvalue weighted by Crippen LogP contribution is -2.09. The van der Waals surface area contributed by atoms with Gasteiger partial charge in [-0.05, 0) is 24.3 Å². The van der Waals surface area contributed by atoms with Gasteiger partial charge in [-0.3, -0.25) is 14.9 Å². The molecule has 1 heterocycles. The predicted octanol–water partition coefficient (Wildman–Crippen LogP) is 3.93. The molecule has 8 heteroatoms. The second-order valence-electron chi connectivity index (χ2n) is 5.32. The SMILES string of the molecule is O=C(CCc1ncc(-c2ccccc2F)o1)Oc1ccc([N+](=O)[O-])cc1. The Kier molecular flexibility index (Phi) is 5.02. The van der Waals surface area contributed by atoms with Gasteiger partial charge in [-0.25, -0.2) is 9.37 Å². The van der Waals surface area contributed by atoms with E-state index in [1.165, 1.54) is 36.5 Å². The van der Waals surface area contributed by atoms with Gasteiger partial charge in [0, 0.05) is 18.6 Å². The highest BCUT2D eigenvalue weighted by atomic mass is 19.1. The summed E-state index contributed by atoms with van der Waals surface area (Å²) in [6.07, 6.45) is 1.57. The van der Waals surface area contributed by atoms with Crippen LogP contribution >= 0.6 is 0 Å². The summed E-state index contributed by atoms with van der Waals surface area (Å²) in [5.41, 5.74) is 0.199. The van der Waals surface area contributed by atoms with Gasteiger partial charge in [-0.2, -0.15) is 0 Å². The van der Waals surface area contributed by atoms with Crippen LogP contribution in [-0.2, 0) is 11.2 Å². The van der Waals surface area contributed by atoms with E-state index >= 15 is 0 Å². The van der Waals surface area contributed by atoms with Crippen molar-refractivity contribution in [1.82, 2.24) is 4.98 Å². The van der Waals surface area contributed by atoms with E-state index in [0.29, 0.717) is 5.56 Å². The molecule has 0 spiro atoms. The number of carbonyl (C=O) groups is 1. The fraction of sp³-hybridized carbons (Fsp3) is 0.111. The van der Waals surface area contributed by atoms with Gasteiger partial charge in [-0.15, -0.1) is 0 Å². The zero-order valence-electron chi connectivity index (χ0n) is 13.4. The van der Waals surface area contributed by atoms with Crippen LogP contribution in [0.5, 0.6) is 5.75 Å². The van der Waals surface area contributed by atoms with Crippen molar-refractivity contribution in [2.45, 2.75) is 12.8 Å². The summed E-state index contributed by atoms with van der Waals surface area (Å²) in [5.74, 6) is -0.192. The molecule has 132 valence electrons. The molecule has 0 saturated heterocycles. The van der Waals surface area contributed by atoms with Crippen LogP contribution < -0.4 is 4.74 Å². The summed E-state index contributed by atoms with van der Waals surface area (Å²) >= 11 is 0. The average Bonchev–Trinajstić information content (AvgIpc) is 3.09. The van der Waals surface area contributed by atoms with E-state index in [9.17, 15) is 19.3 Å². The number of carbonyl (C=O) groups excluding carboxylic acids is 1. The molecule has 3 aromatic rings. The average molecular weight is 356 g/mol. The topological polar surface area (TPSA) is 95.5 Å². The van der Waals surface area contributed by atoms with Crippen molar-refractivity contribution in [3.8, 4) is 17.1 Å². The fourth-order valence-electron chi connectivity index (χ4n) is 2.24. The summed E-state index contributed by atoms with van der Waals surface area (Å²) in [5, 5.41) is 10.6. The predicted molar refractivity (Wildman–Crippen MR) is 88.9 cm³/mol. The Labute approximate surface area is 147 Å². The Bertz CT molecular complexity index is 937. The maximum Gasteiger partial charge on any atom is 0.311 e. The van der Waals surface area contributed by atoms with E-state index in [2.05, 4.69) is 4.98 Å². The number of oxazole rings is 1. The Morgan fingerprint density at radius 2 is 1.92 bits per heavy atom. The Balaban J connectivity index is 1.56. The van der Waals surface area contributed by atoms with Crippen molar-refractivity contribution in [3.05, 3.63) is 76.6 Å². The van der Waals surface area contributed by atoms with Crippen LogP contribution in [0.15, 0.2) is 59.1 Å². The third-order valence-electron chi connectivity index (χ3n) is 3.52. The Hall–Kier alpha value is -3.55. The molecule has 0 amide bonds. The van der Waals surface area contributed by atoms with Gasteiger partial charge in [0.2, 0.25) is 0 Å². The van der Waals surface area contributed by atoms with Gasteiger partial charge >= 0.3 is 5.97 Å². The number of nitro groups is 1. The fourth-order valence-corrected chi connectivity index (χ4v) is 2.24. The summed E-state index contributed by atoms with van der Waals surface area (Å²) in [6, 6.07) is 11.3. The number of nitrogens with zero attached hydrogens (tertiary/aromatic N) is 2. The largest absolute Gasteiger partial charge is 0.441 e. The number of rotatable bonds is 6. The summed E-state index contributed by atoms with van der Waals surface area (Å²) in [4.78, 5) is 25.9. The number of esters is 1. The molecule has 0 aliphatic heterocycles. The lowest BCUT2D eigenvalue weighted by atomic mass is 10.2. The van der Waals surface area contributed by atoms with Crippen molar-refractivity contribution in [3.63, 3.8) is 0 Å². The minimum atomic E-state index is -0.540. The molecule has 0 unspecified atom stereocenters. The lowest BCUT2D eigenvalue weighted by molar-refractivity contribution is -0.384. The molecule has 0 atom stereocenters. The van der Waals surface area contributed by atoms with Crippen LogP contribution in [0, 0.1) is 15.9 Å². The molecule has 0 radical (unpaired) electrons. The van der Waals surface area contributed by atoms with E-state index in [0.717, 1.165) is 0 Å². The second-order valence-corrected chi connectivity index (χ2v) is 5.32. The standard InChI is InChI=1S/C18H13FN2O5/c19-15-4-2-1-3-14(15)16-11-20-17(26-16)9-10-18(22)25-13-7-5-12(6-8-13)21(23)24/h1-8,11H,9-10H2. The zero-order chi connectivity index (χ0) is 18.5. The maximum absolute atomic E-state index is 13.7. The molecular formula is C18H13FN2O5. The highest BCUT2D eigenvalue weighted by Gasteiger charge is 2.13. The Morgan fingerprint density at radius 3 is 2.62 bits per heavy atom. The van der Waals surface area contributed by atoms with E-state index < -0.39 is 16.7 Å². The smallest absolute Gasteiger partial charge is 0.311 e. The summed E-state index contributed by atoms with van der Waals surface area (Å²) in [7, 11) is 0. The van der Waals surface area contributed by atoms with E-state index in [-0.39, 0.29) is 35.9 Å². The highest BCUT2D eigenvalue weighted by Crippen LogP contribution is 2.24. The normalized spacial score (nSPS) is 10.5. The third-order valence-corrected chi connectivity index (χ3v) is 3.52. The molecule has 0 aliphatic rings. The van der Waals surface area contributed by atoms with Gasteiger partial charge in [0.25, 0.3) is 5.69 Å². The first-order valence-corrected chi connectivity index (χ1v) is 7.67. The maximum atomic E-state index is 13.7.